The molecule has 0 radical (unpaired) electrons. The van der Waals surface area contributed by atoms with Gasteiger partial charge in [-0.3, -0.25) is 9.97 Å². The molecular weight excluding hydrogens is 745 g/mol. The molecule has 0 fully saturated rings. The smallest absolute Gasteiger partial charge is 0.357 e. The van der Waals surface area contributed by atoms with Crippen LogP contribution in [0, 0.1) is 0 Å². The molecule has 7 nitrogen and oxygen atoms in total. The molecule has 0 atom stereocenters. The van der Waals surface area contributed by atoms with Gasteiger partial charge in [0, 0.05) is 33.5 Å². The van der Waals surface area contributed by atoms with Gasteiger partial charge in [-0.25, -0.2) is 9.97 Å². The monoisotopic (exact) mass is 769 g/mol. The molecule has 2 aliphatic heterocycles. The standard InChI is InChI=1S/C49H25N7.Ni/c1-2-10-27-18-35-34(17-26(27)9-1)42-25-43(35)51-45-37-20-29-12-4-6-14-31(29)22-39(37)47(53-45)55-49-41-24-33-16-8-7-15-32(33)23-40(41)48(56-49)54-46-38-21-30-13-5-3-11-28(30)19-36(38)44(50-42)52-46;/h1-25H;/q-2;+2. The maximum absolute atomic E-state index is 5.36. The Bertz CT molecular complexity index is 3260. The maximum atomic E-state index is 5.36. The van der Waals surface area contributed by atoms with Crippen LogP contribution in [0.2, 0.25) is 0 Å². The number of fused-ring (bicyclic) bond motifs is 24. The molecule has 11 aromatic rings. The summed E-state index contributed by atoms with van der Waals surface area (Å²) in [5.74, 6) is 2.32. The zero-order valence-electron chi connectivity index (χ0n) is 29.9. The Labute approximate surface area is 334 Å². The van der Waals surface area contributed by atoms with Gasteiger partial charge < -0.3 is 15.0 Å². The first-order valence-corrected chi connectivity index (χ1v) is 18.6. The van der Waals surface area contributed by atoms with Crippen LogP contribution in [0.25, 0.3) is 133 Å². The van der Waals surface area contributed by atoms with Crippen molar-refractivity contribution in [1.29, 1.82) is 0 Å². The zero-order chi connectivity index (χ0) is 36.5. The molecule has 0 unspecified atom stereocenters. The van der Waals surface area contributed by atoms with E-state index in [0.29, 0.717) is 34.6 Å². The molecule has 0 amide bonds. The SMILES string of the molecule is [Ni+2].c1ccc2cc3c(cc2c1)-c1nc-3nc2[n-]c(nc3nc(nc4[cH-]c(n1)c1cc5ccccc5cc41)-c1cc4ccccc4cc1-3)c1cc3ccccc3cc21. The summed E-state index contributed by atoms with van der Waals surface area (Å²) in [6.07, 6.45) is 0. The van der Waals surface area contributed by atoms with Crippen LogP contribution < -0.4 is 4.98 Å². The average Bonchev–Trinajstić information content (AvgIpc) is 3.95. The first kappa shape index (κ1) is 32.0. The van der Waals surface area contributed by atoms with E-state index >= 15 is 0 Å². The molecule has 9 aromatic carbocycles. The molecule has 8 heteroatoms. The van der Waals surface area contributed by atoms with E-state index in [0.717, 1.165) is 97.9 Å². The molecule has 2 aliphatic rings. The van der Waals surface area contributed by atoms with Crippen molar-refractivity contribution in [2.24, 2.45) is 0 Å². The normalized spacial score (nSPS) is 12.1. The van der Waals surface area contributed by atoms with Gasteiger partial charge in [-0.1, -0.05) is 97.1 Å². The van der Waals surface area contributed by atoms with E-state index in [9.17, 15) is 0 Å². The van der Waals surface area contributed by atoms with Gasteiger partial charge in [0.2, 0.25) is 0 Å². The van der Waals surface area contributed by atoms with E-state index in [1.165, 1.54) is 0 Å². The van der Waals surface area contributed by atoms with Crippen LogP contribution in [0.3, 0.4) is 0 Å². The molecule has 266 valence electrons. The fraction of sp³-hybridized carbons (Fsp3) is 0. The summed E-state index contributed by atoms with van der Waals surface area (Å²) in [6, 6.07) is 52.9. The third-order valence-electron chi connectivity index (χ3n) is 11.3. The van der Waals surface area contributed by atoms with E-state index in [1.54, 1.807) is 0 Å². The number of nitrogens with zero attached hydrogens (tertiary/aromatic N) is 7. The number of benzene rings is 8. The Balaban J connectivity index is 0.00000356. The summed E-state index contributed by atoms with van der Waals surface area (Å²) >= 11 is 0. The van der Waals surface area contributed by atoms with Crippen LogP contribution in [0.5, 0.6) is 0 Å². The second-order valence-electron chi connectivity index (χ2n) is 14.6. The minimum atomic E-state index is 0. The number of hydrogen-bond donors (Lipinski definition) is 0. The van der Waals surface area contributed by atoms with Crippen LogP contribution in [-0.2, 0) is 16.5 Å². The Hall–Kier alpha value is -7.28. The molecule has 0 spiro atoms. The van der Waals surface area contributed by atoms with Crippen molar-refractivity contribution < 1.29 is 16.5 Å². The molecule has 2 aromatic heterocycles. The van der Waals surface area contributed by atoms with Gasteiger partial charge in [-0.05, 0) is 101 Å². The minimum absolute atomic E-state index is 0. The third kappa shape index (κ3) is 4.81. The molecule has 0 aliphatic carbocycles. The van der Waals surface area contributed by atoms with Gasteiger partial charge in [-0.15, -0.1) is 29.0 Å². The maximum Gasteiger partial charge on any atom is 2.00 e. The van der Waals surface area contributed by atoms with Crippen LogP contribution in [0.15, 0.2) is 152 Å². The largest absolute Gasteiger partial charge is 2.00 e. The van der Waals surface area contributed by atoms with Gasteiger partial charge in [0.25, 0.3) is 0 Å². The Morgan fingerprint density at radius 1 is 0.316 bits per heavy atom. The molecule has 0 saturated carbocycles. The van der Waals surface area contributed by atoms with Crippen LogP contribution >= 0.6 is 0 Å². The van der Waals surface area contributed by atoms with Crippen LogP contribution in [0.4, 0.5) is 0 Å². The van der Waals surface area contributed by atoms with Gasteiger partial charge in [0.1, 0.15) is 0 Å². The topological polar surface area (TPSA) is 91.4 Å². The quantitative estimate of drug-likeness (QED) is 0.112. The van der Waals surface area contributed by atoms with Crippen LogP contribution in [-0.4, -0.2) is 29.9 Å². The third-order valence-corrected chi connectivity index (χ3v) is 11.3. The van der Waals surface area contributed by atoms with Crippen molar-refractivity contribution in [3.63, 3.8) is 0 Å². The van der Waals surface area contributed by atoms with Crippen molar-refractivity contribution in [2.45, 2.75) is 0 Å². The molecule has 0 saturated heterocycles. The summed E-state index contributed by atoms with van der Waals surface area (Å²) in [7, 11) is 0. The van der Waals surface area contributed by atoms with Gasteiger partial charge in [0.05, 0.1) is 11.6 Å². The van der Waals surface area contributed by atoms with E-state index in [1.807, 2.05) is 0 Å². The van der Waals surface area contributed by atoms with E-state index in [-0.39, 0.29) is 16.5 Å². The number of aromatic nitrogens is 7. The van der Waals surface area contributed by atoms with Gasteiger partial charge in [0.15, 0.2) is 11.6 Å². The van der Waals surface area contributed by atoms with Gasteiger partial charge in [-0.2, -0.15) is 0 Å². The summed E-state index contributed by atoms with van der Waals surface area (Å²) in [6.45, 7) is 0. The van der Waals surface area contributed by atoms with Gasteiger partial charge >= 0.3 is 16.5 Å². The summed E-state index contributed by atoms with van der Waals surface area (Å²) in [5.41, 5.74) is 6.34. The summed E-state index contributed by atoms with van der Waals surface area (Å²) in [5, 5.41) is 12.6. The summed E-state index contributed by atoms with van der Waals surface area (Å²) in [4.78, 5) is 36.8. The van der Waals surface area contributed by atoms with E-state index in [2.05, 4.69) is 152 Å². The second-order valence-corrected chi connectivity index (χ2v) is 14.6. The van der Waals surface area contributed by atoms with Crippen molar-refractivity contribution in [1.82, 2.24) is 34.9 Å². The van der Waals surface area contributed by atoms with Crippen molar-refractivity contribution in [3.05, 3.63) is 152 Å². The Kier molecular flexibility index (Phi) is 6.66. The first-order chi connectivity index (χ1) is 27.7. The molecule has 0 N–H and O–H groups in total. The second kappa shape index (κ2) is 11.9. The number of hydrogen-bond acceptors (Lipinski definition) is 6. The van der Waals surface area contributed by atoms with Crippen molar-refractivity contribution >= 4 is 87.0 Å². The predicted molar refractivity (Wildman–Crippen MR) is 226 cm³/mol. The van der Waals surface area contributed by atoms with Crippen molar-refractivity contribution in [3.8, 4) is 45.6 Å². The molecular formula is C49H25N7Ni. The first-order valence-electron chi connectivity index (χ1n) is 18.6. The van der Waals surface area contributed by atoms with Crippen molar-refractivity contribution in [2.75, 3.05) is 0 Å². The van der Waals surface area contributed by atoms with E-state index < -0.39 is 0 Å². The summed E-state index contributed by atoms with van der Waals surface area (Å²) < 4.78 is 0. The molecule has 13 rings (SSSR count). The van der Waals surface area contributed by atoms with Crippen LogP contribution in [0.1, 0.15) is 0 Å². The fourth-order valence-electron chi connectivity index (χ4n) is 8.57. The zero-order valence-corrected chi connectivity index (χ0v) is 30.9. The number of rotatable bonds is 0. The Morgan fingerprint density at radius 2 is 0.596 bits per heavy atom. The fourth-order valence-corrected chi connectivity index (χ4v) is 8.57. The Morgan fingerprint density at radius 3 is 0.930 bits per heavy atom. The minimum Gasteiger partial charge on any atom is -0.357 e. The molecule has 57 heavy (non-hydrogen) atoms. The van der Waals surface area contributed by atoms with E-state index in [4.69, 9.17) is 34.9 Å². The predicted octanol–water partition coefficient (Wildman–Crippen LogP) is 11.5. The molecule has 4 heterocycles. The molecule has 8 bridgehead atoms. The average molecular weight is 770 g/mol.